The zero-order valence-corrected chi connectivity index (χ0v) is 10.5. The molecule has 0 saturated heterocycles. The predicted molar refractivity (Wildman–Crippen MR) is 67.1 cm³/mol. The van der Waals surface area contributed by atoms with Gasteiger partial charge in [-0.3, -0.25) is 4.68 Å². The van der Waals surface area contributed by atoms with Gasteiger partial charge in [0.15, 0.2) is 0 Å². The quantitative estimate of drug-likeness (QED) is 0.313. The first-order valence-corrected chi connectivity index (χ1v) is 5.83. The molecule has 0 bridgehead atoms. The predicted octanol–water partition coefficient (Wildman–Crippen LogP) is 0.421. The van der Waals surface area contributed by atoms with Gasteiger partial charge in [-0.25, -0.2) is 0 Å². The van der Waals surface area contributed by atoms with Crippen LogP contribution in [0.4, 0.5) is 0 Å². The molecule has 3 N–H and O–H groups in total. The lowest BCUT2D eigenvalue weighted by molar-refractivity contribution is 0.291. The van der Waals surface area contributed by atoms with Gasteiger partial charge in [-0.05, 0) is 12.6 Å². The van der Waals surface area contributed by atoms with Crippen LogP contribution in [0.15, 0.2) is 17.4 Å². The summed E-state index contributed by atoms with van der Waals surface area (Å²) in [7, 11) is 1.95. The molecule has 0 amide bonds. The zero-order valence-electron chi connectivity index (χ0n) is 10.5. The Morgan fingerprint density at radius 1 is 1.59 bits per heavy atom. The topological polar surface area (TPSA) is 79.7 Å². The normalized spacial score (nSPS) is 12.3. The number of likely N-dealkylation sites (N-methyl/N-ethyl adjacent to an activating group) is 1. The standard InChI is InChI=1S/C11H21N5O/c1-3-16(9-6-11(12)14-17)8-5-10-4-7-13-15(10)2/h4,7,17H,3,5-6,8-9H2,1-2H3,(H2,12,14). The van der Waals surface area contributed by atoms with E-state index in [0.29, 0.717) is 6.42 Å². The van der Waals surface area contributed by atoms with Gasteiger partial charge in [-0.1, -0.05) is 12.1 Å². The lowest BCUT2D eigenvalue weighted by Gasteiger charge is -2.19. The van der Waals surface area contributed by atoms with Crippen molar-refractivity contribution in [1.29, 1.82) is 0 Å². The fraction of sp³-hybridized carbons (Fsp3) is 0.636. The Balaban J connectivity index is 2.35. The number of oxime groups is 1. The van der Waals surface area contributed by atoms with E-state index in [9.17, 15) is 0 Å². The molecule has 96 valence electrons. The molecule has 0 unspecified atom stereocenters. The second-order valence-electron chi connectivity index (χ2n) is 3.97. The molecule has 0 spiro atoms. The van der Waals surface area contributed by atoms with Crippen LogP contribution in [0, 0.1) is 0 Å². The number of amidine groups is 1. The smallest absolute Gasteiger partial charge is 0.140 e. The van der Waals surface area contributed by atoms with Gasteiger partial charge in [-0.2, -0.15) is 5.10 Å². The average molecular weight is 239 g/mol. The Morgan fingerprint density at radius 2 is 2.35 bits per heavy atom. The Labute approximate surface area is 102 Å². The summed E-state index contributed by atoms with van der Waals surface area (Å²) in [6.45, 7) is 4.82. The van der Waals surface area contributed by atoms with E-state index in [1.807, 2.05) is 24.0 Å². The molecule has 0 aliphatic heterocycles. The third-order valence-corrected chi connectivity index (χ3v) is 2.87. The first-order chi connectivity index (χ1) is 8.17. The maximum Gasteiger partial charge on any atom is 0.140 e. The highest BCUT2D eigenvalue weighted by molar-refractivity contribution is 5.79. The van der Waals surface area contributed by atoms with Gasteiger partial charge in [0.25, 0.3) is 0 Å². The molecular weight excluding hydrogens is 218 g/mol. The molecule has 6 nitrogen and oxygen atoms in total. The van der Waals surface area contributed by atoms with Crippen LogP contribution >= 0.6 is 0 Å². The van der Waals surface area contributed by atoms with E-state index in [1.165, 1.54) is 5.69 Å². The van der Waals surface area contributed by atoms with Crippen molar-refractivity contribution in [2.45, 2.75) is 19.8 Å². The Morgan fingerprint density at radius 3 is 2.88 bits per heavy atom. The summed E-state index contributed by atoms with van der Waals surface area (Å²) in [5.74, 6) is 0.281. The summed E-state index contributed by atoms with van der Waals surface area (Å²) < 4.78 is 1.89. The summed E-state index contributed by atoms with van der Waals surface area (Å²) in [6, 6.07) is 2.03. The number of hydrogen-bond donors (Lipinski definition) is 2. The fourth-order valence-corrected chi connectivity index (χ4v) is 1.67. The third-order valence-electron chi connectivity index (χ3n) is 2.87. The van der Waals surface area contributed by atoms with Crippen molar-refractivity contribution < 1.29 is 5.21 Å². The summed E-state index contributed by atoms with van der Waals surface area (Å²) in [4.78, 5) is 2.27. The monoisotopic (exact) mass is 239 g/mol. The van der Waals surface area contributed by atoms with Crippen molar-refractivity contribution in [3.63, 3.8) is 0 Å². The maximum absolute atomic E-state index is 8.47. The molecule has 0 aliphatic carbocycles. The highest BCUT2D eigenvalue weighted by Crippen LogP contribution is 2.00. The van der Waals surface area contributed by atoms with Gasteiger partial charge in [0, 0.05) is 44.9 Å². The van der Waals surface area contributed by atoms with Crippen molar-refractivity contribution in [3.05, 3.63) is 18.0 Å². The number of aromatic nitrogens is 2. The molecule has 1 aromatic heterocycles. The largest absolute Gasteiger partial charge is 0.409 e. The molecule has 1 rings (SSSR count). The van der Waals surface area contributed by atoms with Gasteiger partial charge >= 0.3 is 0 Å². The summed E-state index contributed by atoms with van der Waals surface area (Å²) in [5.41, 5.74) is 6.67. The van der Waals surface area contributed by atoms with Crippen molar-refractivity contribution in [3.8, 4) is 0 Å². The van der Waals surface area contributed by atoms with Crippen LogP contribution in [-0.2, 0) is 13.5 Å². The van der Waals surface area contributed by atoms with Gasteiger partial charge in [0.05, 0.1) is 0 Å². The molecule has 0 aliphatic rings. The van der Waals surface area contributed by atoms with Gasteiger partial charge in [-0.15, -0.1) is 0 Å². The minimum Gasteiger partial charge on any atom is -0.409 e. The lowest BCUT2D eigenvalue weighted by atomic mass is 10.2. The molecule has 0 saturated carbocycles. The number of aryl methyl sites for hydroxylation is 1. The van der Waals surface area contributed by atoms with E-state index in [-0.39, 0.29) is 5.84 Å². The Bertz CT molecular complexity index is 360. The number of rotatable bonds is 7. The minimum atomic E-state index is 0.281. The molecule has 0 radical (unpaired) electrons. The van der Waals surface area contributed by atoms with Crippen molar-refractivity contribution in [1.82, 2.24) is 14.7 Å². The molecule has 1 aromatic rings. The van der Waals surface area contributed by atoms with E-state index < -0.39 is 0 Å². The summed E-state index contributed by atoms with van der Waals surface area (Å²) >= 11 is 0. The van der Waals surface area contributed by atoms with Crippen molar-refractivity contribution in [2.24, 2.45) is 17.9 Å². The first kappa shape index (κ1) is 13.5. The summed E-state index contributed by atoms with van der Waals surface area (Å²) in [5, 5.41) is 15.6. The molecule has 0 aromatic carbocycles. The second kappa shape index (κ2) is 6.90. The van der Waals surface area contributed by atoms with E-state index in [1.54, 1.807) is 0 Å². The van der Waals surface area contributed by atoms with E-state index in [4.69, 9.17) is 10.9 Å². The highest BCUT2D eigenvalue weighted by Gasteiger charge is 2.06. The SMILES string of the molecule is CCN(CCC(N)=NO)CCc1ccnn1C. The minimum absolute atomic E-state index is 0.281. The molecule has 6 heteroatoms. The van der Waals surface area contributed by atoms with E-state index in [2.05, 4.69) is 22.1 Å². The van der Waals surface area contributed by atoms with Crippen LogP contribution in [0.3, 0.4) is 0 Å². The lowest BCUT2D eigenvalue weighted by Crippen LogP contribution is -2.30. The van der Waals surface area contributed by atoms with Crippen molar-refractivity contribution in [2.75, 3.05) is 19.6 Å². The number of nitrogens with zero attached hydrogens (tertiary/aromatic N) is 4. The molecule has 17 heavy (non-hydrogen) atoms. The van der Waals surface area contributed by atoms with Gasteiger partial charge < -0.3 is 15.8 Å². The van der Waals surface area contributed by atoms with Crippen LogP contribution in [-0.4, -0.2) is 45.4 Å². The number of nitrogens with two attached hydrogens (primary N) is 1. The molecule has 0 atom stereocenters. The zero-order chi connectivity index (χ0) is 12.7. The molecule has 1 heterocycles. The molecule has 0 fully saturated rings. The van der Waals surface area contributed by atoms with Crippen LogP contribution in [0.2, 0.25) is 0 Å². The Hall–Kier alpha value is -1.56. The highest BCUT2D eigenvalue weighted by atomic mass is 16.4. The van der Waals surface area contributed by atoms with Crippen LogP contribution < -0.4 is 5.73 Å². The average Bonchev–Trinajstić information content (AvgIpc) is 2.75. The van der Waals surface area contributed by atoms with Gasteiger partial charge in [0.1, 0.15) is 5.84 Å². The van der Waals surface area contributed by atoms with Crippen LogP contribution in [0.25, 0.3) is 0 Å². The number of hydrogen-bond acceptors (Lipinski definition) is 4. The van der Waals surface area contributed by atoms with Crippen LogP contribution in [0.5, 0.6) is 0 Å². The van der Waals surface area contributed by atoms with E-state index >= 15 is 0 Å². The van der Waals surface area contributed by atoms with Crippen molar-refractivity contribution >= 4 is 5.84 Å². The van der Waals surface area contributed by atoms with Gasteiger partial charge in [0.2, 0.25) is 0 Å². The maximum atomic E-state index is 8.47. The molecular formula is C11H21N5O. The Kier molecular flexibility index (Phi) is 5.48. The van der Waals surface area contributed by atoms with E-state index in [0.717, 1.165) is 26.1 Å². The third kappa shape index (κ3) is 4.44. The first-order valence-electron chi connectivity index (χ1n) is 5.83. The summed E-state index contributed by atoms with van der Waals surface area (Å²) in [6.07, 6.45) is 3.36. The fourth-order valence-electron chi connectivity index (χ4n) is 1.67. The second-order valence-corrected chi connectivity index (χ2v) is 3.97. The van der Waals surface area contributed by atoms with Crippen LogP contribution in [0.1, 0.15) is 19.0 Å².